The number of rotatable bonds is 7. The van der Waals surface area contributed by atoms with Gasteiger partial charge in [0, 0.05) is 31.0 Å². The van der Waals surface area contributed by atoms with Gasteiger partial charge in [0.1, 0.15) is 0 Å². The number of aromatic nitrogens is 2. The van der Waals surface area contributed by atoms with Crippen molar-refractivity contribution in [2.45, 2.75) is 19.4 Å². The molecule has 1 atom stereocenters. The Bertz CT molecular complexity index is 840. The number of hydrogen-bond acceptors (Lipinski definition) is 4. The predicted molar refractivity (Wildman–Crippen MR) is 95.8 cm³/mol. The third-order valence-electron chi connectivity index (χ3n) is 3.96. The molecule has 0 saturated carbocycles. The molecule has 26 heavy (non-hydrogen) atoms. The number of nitrogens with zero attached hydrogens (tertiary/aromatic N) is 2. The molecule has 2 aromatic heterocycles. The molecule has 2 N–H and O–H groups in total. The molecule has 0 bridgehead atoms. The van der Waals surface area contributed by atoms with Gasteiger partial charge in [-0.05, 0) is 36.8 Å². The second kappa shape index (κ2) is 8.15. The summed E-state index contributed by atoms with van der Waals surface area (Å²) in [5.74, 6) is -0.223. The van der Waals surface area contributed by atoms with Gasteiger partial charge in [-0.25, -0.2) is 4.98 Å². The van der Waals surface area contributed by atoms with Crippen LogP contribution in [0, 0.1) is 0 Å². The van der Waals surface area contributed by atoms with Crippen LogP contribution in [0.2, 0.25) is 0 Å². The maximum absolute atomic E-state index is 12.1. The lowest BCUT2D eigenvalue weighted by Gasteiger charge is -2.15. The first-order chi connectivity index (χ1) is 12.6. The second-order valence-electron chi connectivity index (χ2n) is 5.83. The van der Waals surface area contributed by atoms with Crippen molar-refractivity contribution in [3.05, 3.63) is 72.7 Å². The van der Waals surface area contributed by atoms with E-state index < -0.39 is 0 Å². The highest BCUT2D eigenvalue weighted by molar-refractivity contribution is 5.91. The summed E-state index contributed by atoms with van der Waals surface area (Å²) < 4.78 is 6.90. The van der Waals surface area contributed by atoms with Gasteiger partial charge >= 0.3 is 0 Å². The van der Waals surface area contributed by atoms with Gasteiger partial charge in [0.05, 0.1) is 18.6 Å². The van der Waals surface area contributed by atoms with Crippen molar-refractivity contribution < 1.29 is 14.0 Å². The van der Waals surface area contributed by atoms with Crippen molar-refractivity contribution in [3.8, 4) is 5.69 Å². The topological polar surface area (TPSA) is 89.2 Å². The molecule has 0 aliphatic carbocycles. The lowest BCUT2D eigenvalue weighted by atomic mass is 10.1. The van der Waals surface area contributed by atoms with Gasteiger partial charge in [-0.1, -0.05) is 12.1 Å². The molecule has 7 nitrogen and oxygen atoms in total. The lowest BCUT2D eigenvalue weighted by molar-refractivity contribution is -0.121. The summed E-state index contributed by atoms with van der Waals surface area (Å²) in [6.07, 6.45) is 6.96. The zero-order valence-electron chi connectivity index (χ0n) is 14.4. The third-order valence-corrected chi connectivity index (χ3v) is 3.96. The Morgan fingerprint density at radius 2 is 2.04 bits per heavy atom. The zero-order chi connectivity index (χ0) is 18.4. The average molecular weight is 352 g/mol. The SMILES string of the molecule is CC(NC(=O)CCNC(=O)c1ccco1)c1ccc(-n2ccnc2)cc1. The minimum atomic E-state index is -0.328. The Morgan fingerprint density at radius 1 is 1.23 bits per heavy atom. The number of carbonyl (C=O) groups excluding carboxylic acids is 2. The molecule has 3 aromatic rings. The van der Waals surface area contributed by atoms with E-state index in [1.807, 2.05) is 42.0 Å². The maximum atomic E-state index is 12.1. The first-order valence-electron chi connectivity index (χ1n) is 8.33. The normalized spacial score (nSPS) is 11.7. The molecule has 134 valence electrons. The molecule has 7 heteroatoms. The van der Waals surface area contributed by atoms with E-state index in [0.717, 1.165) is 11.3 Å². The number of amides is 2. The van der Waals surface area contributed by atoms with E-state index in [1.165, 1.54) is 6.26 Å². The number of nitrogens with one attached hydrogen (secondary N) is 2. The fourth-order valence-electron chi connectivity index (χ4n) is 2.53. The van der Waals surface area contributed by atoms with Gasteiger partial charge in [-0.15, -0.1) is 0 Å². The summed E-state index contributed by atoms with van der Waals surface area (Å²) in [6.45, 7) is 2.17. The smallest absolute Gasteiger partial charge is 0.286 e. The fourth-order valence-corrected chi connectivity index (χ4v) is 2.53. The molecule has 0 aliphatic heterocycles. The van der Waals surface area contributed by atoms with E-state index >= 15 is 0 Å². The van der Waals surface area contributed by atoms with Gasteiger partial charge < -0.3 is 19.6 Å². The summed E-state index contributed by atoms with van der Waals surface area (Å²) in [4.78, 5) is 27.8. The predicted octanol–water partition coefficient (Wildman–Crippen LogP) is 2.46. The van der Waals surface area contributed by atoms with Crippen LogP contribution in [-0.4, -0.2) is 27.9 Å². The number of carbonyl (C=O) groups is 2. The summed E-state index contributed by atoms with van der Waals surface area (Å²) in [5.41, 5.74) is 2.01. The Labute approximate surface area is 151 Å². The van der Waals surface area contributed by atoms with Crippen molar-refractivity contribution in [2.24, 2.45) is 0 Å². The van der Waals surface area contributed by atoms with Crippen LogP contribution in [0.3, 0.4) is 0 Å². The zero-order valence-corrected chi connectivity index (χ0v) is 14.4. The van der Waals surface area contributed by atoms with E-state index in [4.69, 9.17) is 4.42 Å². The number of furan rings is 1. The van der Waals surface area contributed by atoms with Crippen LogP contribution >= 0.6 is 0 Å². The first-order valence-corrected chi connectivity index (χ1v) is 8.33. The number of hydrogen-bond donors (Lipinski definition) is 2. The summed E-state index contributed by atoms with van der Waals surface area (Å²) in [6, 6.07) is 11.0. The molecule has 3 rings (SSSR count). The highest BCUT2D eigenvalue weighted by Gasteiger charge is 2.11. The third kappa shape index (κ3) is 4.38. The monoisotopic (exact) mass is 352 g/mol. The molecule has 0 aliphatic rings. The number of imidazole rings is 1. The Hall–Kier alpha value is -3.35. The quantitative estimate of drug-likeness (QED) is 0.683. The van der Waals surface area contributed by atoms with E-state index in [1.54, 1.807) is 24.7 Å². The summed E-state index contributed by atoms with van der Waals surface area (Å²) >= 11 is 0. The van der Waals surface area contributed by atoms with Crippen molar-refractivity contribution in [1.29, 1.82) is 0 Å². The molecule has 2 heterocycles. The van der Waals surface area contributed by atoms with Crippen LogP contribution in [0.15, 0.2) is 65.8 Å². The molecule has 0 radical (unpaired) electrons. The van der Waals surface area contributed by atoms with Crippen LogP contribution in [0.5, 0.6) is 0 Å². The lowest BCUT2D eigenvalue weighted by Crippen LogP contribution is -2.31. The maximum Gasteiger partial charge on any atom is 0.286 e. The highest BCUT2D eigenvalue weighted by atomic mass is 16.3. The molecule has 0 saturated heterocycles. The van der Waals surface area contributed by atoms with Crippen LogP contribution < -0.4 is 10.6 Å². The van der Waals surface area contributed by atoms with Gasteiger partial charge in [0.25, 0.3) is 5.91 Å². The first kappa shape index (κ1) is 17.5. The molecular formula is C19H20N4O3. The Morgan fingerprint density at radius 3 is 2.69 bits per heavy atom. The second-order valence-corrected chi connectivity index (χ2v) is 5.83. The van der Waals surface area contributed by atoms with E-state index in [9.17, 15) is 9.59 Å². The summed E-state index contributed by atoms with van der Waals surface area (Å²) in [7, 11) is 0. The van der Waals surface area contributed by atoms with Crippen LogP contribution in [0.4, 0.5) is 0 Å². The van der Waals surface area contributed by atoms with E-state index in [0.29, 0.717) is 0 Å². The van der Waals surface area contributed by atoms with Crippen LogP contribution in [0.25, 0.3) is 5.69 Å². The van der Waals surface area contributed by atoms with Gasteiger partial charge in [-0.3, -0.25) is 9.59 Å². The Kier molecular flexibility index (Phi) is 5.48. The van der Waals surface area contributed by atoms with Crippen molar-refractivity contribution in [2.75, 3.05) is 6.54 Å². The van der Waals surface area contributed by atoms with Gasteiger partial charge in [-0.2, -0.15) is 0 Å². The largest absolute Gasteiger partial charge is 0.459 e. The van der Waals surface area contributed by atoms with E-state index in [2.05, 4.69) is 15.6 Å². The van der Waals surface area contributed by atoms with Crippen LogP contribution in [-0.2, 0) is 4.79 Å². The molecule has 1 aromatic carbocycles. The average Bonchev–Trinajstić information content (AvgIpc) is 3.35. The van der Waals surface area contributed by atoms with Crippen molar-refractivity contribution in [1.82, 2.24) is 20.2 Å². The molecule has 0 spiro atoms. The van der Waals surface area contributed by atoms with E-state index in [-0.39, 0.29) is 36.6 Å². The van der Waals surface area contributed by atoms with Crippen LogP contribution in [0.1, 0.15) is 35.5 Å². The highest BCUT2D eigenvalue weighted by Crippen LogP contribution is 2.15. The Balaban J connectivity index is 1.45. The minimum absolute atomic E-state index is 0.125. The molecule has 0 fully saturated rings. The molecule has 1 unspecified atom stereocenters. The fraction of sp³-hybridized carbons (Fsp3) is 0.211. The van der Waals surface area contributed by atoms with Crippen molar-refractivity contribution >= 4 is 11.8 Å². The standard InChI is InChI=1S/C19H20N4O3/c1-14(15-4-6-16(7-5-15)23-11-10-20-13-23)22-18(24)8-9-21-19(25)17-3-2-12-26-17/h2-7,10-14H,8-9H2,1H3,(H,21,25)(H,22,24). The van der Waals surface area contributed by atoms with Gasteiger partial charge in [0.2, 0.25) is 5.91 Å². The number of benzene rings is 1. The molecule has 2 amide bonds. The summed E-state index contributed by atoms with van der Waals surface area (Å²) in [5, 5.41) is 5.58. The molecular weight excluding hydrogens is 332 g/mol. The minimum Gasteiger partial charge on any atom is -0.459 e. The van der Waals surface area contributed by atoms with Gasteiger partial charge in [0.15, 0.2) is 5.76 Å². The van der Waals surface area contributed by atoms with Crippen molar-refractivity contribution in [3.63, 3.8) is 0 Å².